The zero-order valence-corrected chi connectivity index (χ0v) is 35.0. The zero-order valence-electron chi connectivity index (χ0n) is 35.0. The standard InChI is InChI=1S/C43H48O23/c1-15-29(50)33(54)35(56)42(61-15)66-40-34(55)31(52)26(14-59-41-36(57)38(30(51)16(2)60-41)64-27(49)9-5-17-4-7-21(46)24(10-17)58-3)63-43(40)65-39-32(53)28-23(48)12-19(44)13-25(28)62-37(39)18-6-8-20(45)22(47)11-18/h4-13,15-16,26,29-31,33-36,38,40-48,50-52,54-57H,14H2,1-3H3. The first-order chi connectivity index (χ1) is 31.3. The Morgan fingerprint density at radius 2 is 1.38 bits per heavy atom. The molecule has 0 radical (unpaired) electrons. The molecular formula is C43H48O23. The fourth-order valence-corrected chi connectivity index (χ4v) is 7.51. The molecule has 12 N–H and O–H groups in total. The Hall–Kier alpha value is -5.80. The molecule has 0 aliphatic carbocycles. The van der Waals surface area contributed by atoms with Gasteiger partial charge in [-0.1, -0.05) is 6.07 Å². The molecule has 4 heterocycles. The number of phenolic OH excluding ortho intramolecular Hbond substituents is 5. The van der Waals surface area contributed by atoms with Crippen molar-refractivity contribution in [3.05, 3.63) is 70.4 Å². The molecule has 0 saturated carbocycles. The fraction of sp³-hybridized carbons (Fsp3) is 0.442. The summed E-state index contributed by atoms with van der Waals surface area (Å²) in [5.74, 6) is -4.87. The maximum Gasteiger partial charge on any atom is 0.331 e. The first kappa shape index (κ1) is 48.1. The number of rotatable bonds is 12. The van der Waals surface area contributed by atoms with Gasteiger partial charge in [0.1, 0.15) is 71.3 Å². The highest BCUT2D eigenvalue weighted by Crippen LogP contribution is 2.40. The van der Waals surface area contributed by atoms with E-state index in [1.165, 1.54) is 51.3 Å². The highest BCUT2D eigenvalue weighted by Gasteiger charge is 2.52. The SMILES string of the molecule is COc1cc(C=CC(=O)OC2C(O)C(C)OC(OCC3OC(Oc4c(-c5ccc(O)c(O)c5)oc5cc(O)cc(O)c5c4=O)C(OC4OC(C)C(O)C(O)C4O)C(O)C3O)C2O)ccc1O. The van der Waals surface area contributed by atoms with Crippen molar-refractivity contribution >= 4 is 23.0 Å². The second-order valence-corrected chi connectivity index (χ2v) is 15.7. The van der Waals surface area contributed by atoms with E-state index in [0.29, 0.717) is 5.56 Å². The number of aliphatic hydroxyl groups excluding tert-OH is 7. The summed E-state index contributed by atoms with van der Waals surface area (Å²) in [5, 5.41) is 127. The van der Waals surface area contributed by atoms with Gasteiger partial charge in [-0.05, 0) is 55.8 Å². The molecule has 1 aromatic heterocycles. The van der Waals surface area contributed by atoms with Crippen LogP contribution in [0.3, 0.4) is 0 Å². The van der Waals surface area contributed by atoms with Gasteiger partial charge in [-0.15, -0.1) is 0 Å². The minimum Gasteiger partial charge on any atom is -0.508 e. The summed E-state index contributed by atoms with van der Waals surface area (Å²) in [6, 6.07) is 9.27. The number of benzene rings is 3. The number of ether oxygens (including phenoxy) is 8. The Balaban J connectivity index is 1.18. The van der Waals surface area contributed by atoms with Gasteiger partial charge < -0.3 is 104 Å². The molecule has 4 aromatic rings. The van der Waals surface area contributed by atoms with Crippen molar-refractivity contribution in [2.75, 3.05) is 13.7 Å². The highest BCUT2D eigenvalue weighted by atomic mass is 16.8. The van der Waals surface area contributed by atoms with E-state index in [0.717, 1.165) is 30.3 Å². The molecule has 0 bridgehead atoms. The molecule has 66 heavy (non-hydrogen) atoms. The number of aromatic hydroxyl groups is 5. The third-order valence-corrected chi connectivity index (χ3v) is 11.2. The minimum atomic E-state index is -2.11. The van der Waals surface area contributed by atoms with Gasteiger partial charge in [0.2, 0.25) is 17.5 Å². The smallest absolute Gasteiger partial charge is 0.331 e. The van der Waals surface area contributed by atoms with Crippen molar-refractivity contribution in [3.8, 4) is 51.6 Å². The molecule has 3 fully saturated rings. The van der Waals surface area contributed by atoms with Crippen LogP contribution in [0.5, 0.6) is 40.2 Å². The first-order valence-electron chi connectivity index (χ1n) is 20.2. The summed E-state index contributed by atoms with van der Waals surface area (Å²) in [6.07, 6.45) is -23.9. The van der Waals surface area contributed by atoms with E-state index in [9.17, 15) is 70.9 Å². The molecule has 0 amide bonds. The number of aliphatic hydroxyl groups is 7. The van der Waals surface area contributed by atoms with Gasteiger partial charge in [0, 0.05) is 23.8 Å². The first-order valence-corrected chi connectivity index (χ1v) is 20.2. The lowest BCUT2D eigenvalue weighted by atomic mass is 9.97. The number of esters is 1. The van der Waals surface area contributed by atoms with Crippen LogP contribution in [0.15, 0.2) is 63.8 Å². The maximum atomic E-state index is 14.2. The van der Waals surface area contributed by atoms with Crippen molar-refractivity contribution in [2.24, 2.45) is 0 Å². The summed E-state index contributed by atoms with van der Waals surface area (Å²) in [5.41, 5.74) is -1.21. The summed E-state index contributed by atoms with van der Waals surface area (Å²) in [7, 11) is 1.34. The molecule has 23 nitrogen and oxygen atoms in total. The molecule has 7 rings (SSSR count). The highest BCUT2D eigenvalue weighted by molar-refractivity contribution is 5.89. The normalized spacial score (nSPS) is 32.6. The molecule has 3 saturated heterocycles. The van der Waals surface area contributed by atoms with Crippen molar-refractivity contribution in [1.29, 1.82) is 0 Å². The van der Waals surface area contributed by atoms with Gasteiger partial charge in [0.25, 0.3) is 0 Å². The van der Waals surface area contributed by atoms with Crippen LogP contribution in [0.4, 0.5) is 0 Å². The second kappa shape index (κ2) is 19.6. The topological polar surface area (TPSA) is 364 Å². The van der Waals surface area contributed by atoms with Crippen molar-refractivity contribution in [1.82, 2.24) is 0 Å². The Morgan fingerprint density at radius 1 is 0.682 bits per heavy atom. The van der Waals surface area contributed by atoms with Gasteiger partial charge in [-0.25, -0.2) is 4.79 Å². The lowest BCUT2D eigenvalue weighted by Crippen LogP contribution is -2.65. The second-order valence-electron chi connectivity index (χ2n) is 15.7. The molecule has 3 aliphatic heterocycles. The number of carbonyl (C=O) groups is 1. The van der Waals surface area contributed by atoms with E-state index in [1.54, 1.807) is 0 Å². The van der Waals surface area contributed by atoms with Crippen LogP contribution in [0.25, 0.3) is 28.4 Å². The predicted octanol–water partition coefficient (Wildman–Crippen LogP) is -0.857. The Morgan fingerprint density at radius 3 is 2.09 bits per heavy atom. The monoisotopic (exact) mass is 932 g/mol. The van der Waals surface area contributed by atoms with Crippen LogP contribution in [0, 0.1) is 0 Å². The third kappa shape index (κ3) is 9.69. The van der Waals surface area contributed by atoms with E-state index in [4.69, 9.17) is 42.3 Å². The van der Waals surface area contributed by atoms with E-state index < -0.39 is 150 Å². The number of fused-ring (bicyclic) bond motifs is 1. The van der Waals surface area contributed by atoms with Crippen LogP contribution < -0.4 is 14.9 Å². The van der Waals surface area contributed by atoms with E-state index in [-0.39, 0.29) is 22.6 Å². The lowest BCUT2D eigenvalue weighted by molar-refractivity contribution is -0.360. The Bertz CT molecular complexity index is 2470. The minimum absolute atomic E-state index is 0.126. The van der Waals surface area contributed by atoms with Crippen LogP contribution in [-0.2, 0) is 33.2 Å². The predicted molar refractivity (Wildman–Crippen MR) is 219 cm³/mol. The van der Waals surface area contributed by atoms with Crippen molar-refractivity contribution in [3.63, 3.8) is 0 Å². The number of phenols is 5. The Labute approximate surface area is 372 Å². The molecular weight excluding hydrogens is 884 g/mol. The summed E-state index contributed by atoms with van der Waals surface area (Å²) in [6.45, 7) is 1.93. The van der Waals surface area contributed by atoms with Gasteiger partial charge in [0.15, 0.2) is 53.5 Å². The lowest BCUT2D eigenvalue weighted by Gasteiger charge is -2.46. The van der Waals surface area contributed by atoms with Crippen LogP contribution in [0.1, 0.15) is 19.4 Å². The molecule has 358 valence electrons. The van der Waals surface area contributed by atoms with Crippen molar-refractivity contribution < 1.29 is 108 Å². The van der Waals surface area contributed by atoms with Crippen LogP contribution in [0.2, 0.25) is 0 Å². The molecule has 23 heteroatoms. The summed E-state index contributed by atoms with van der Waals surface area (Å²) in [4.78, 5) is 27.1. The average Bonchev–Trinajstić information content (AvgIpc) is 3.28. The van der Waals surface area contributed by atoms with Crippen LogP contribution in [-0.4, -0.2) is 173 Å². The number of methoxy groups -OCH3 is 1. The van der Waals surface area contributed by atoms with E-state index >= 15 is 0 Å². The molecule has 15 atom stereocenters. The van der Waals surface area contributed by atoms with Crippen molar-refractivity contribution in [2.45, 2.75) is 106 Å². The number of carbonyl (C=O) groups excluding carboxylic acids is 1. The quantitative estimate of drug-likeness (QED) is 0.0467. The number of hydrogen-bond donors (Lipinski definition) is 12. The zero-order chi connectivity index (χ0) is 47.9. The molecule has 3 aliphatic rings. The average molecular weight is 933 g/mol. The van der Waals surface area contributed by atoms with Gasteiger partial charge in [-0.3, -0.25) is 4.79 Å². The molecule has 0 spiro atoms. The van der Waals surface area contributed by atoms with Crippen LogP contribution >= 0.6 is 0 Å². The van der Waals surface area contributed by atoms with E-state index in [2.05, 4.69) is 0 Å². The fourth-order valence-electron chi connectivity index (χ4n) is 7.51. The third-order valence-electron chi connectivity index (χ3n) is 11.2. The maximum absolute atomic E-state index is 14.2. The van der Waals surface area contributed by atoms with E-state index in [1.807, 2.05) is 0 Å². The molecule has 15 unspecified atom stereocenters. The van der Waals surface area contributed by atoms with Gasteiger partial charge in [-0.2, -0.15) is 0 Å². The largest absolute Gasteiger partial charge is 0.508 e. The summed E-state index contributed by atoms with van der Waals surface area (Å²) >= 11 is 0. The molecule has 3 aromatic carbocycles. The van der Waals surface area contributed by atoms with Gasteiger partial charge in [0.05, 0.1) is 25.9 Å². The van der Waals surface area contributed by atoms with Gasteiger partial charge >= 0.3 is 5.97 Å². The summed E-state index contributed by atoms with van der Waals surface area (Å²) < 4.78 is 51.3. The number of hydrogen-bond acceptors (Lipinski definition) is 23. The Kier molecular flexibility index (Phi) is 14.3.